The van der Waals surface area contributed by atoms with Crippen LogP contribution in [0, 0.1) is 33.3 Å². The van der Waals surface area contributed by atoms with Crippen molar-refractivity contribution in [3.8, 4) is 6.07 Å². The van der Waals surface area contributed by atoms with Gasteiger partial charge < -0.3 is 10.2 Å². The van der Waals surface area contributed by atoms with E-state index in [0.29, 0.717) is 11.8 Å². The number of nitro benzene ring substituents is 1. The van der Waals surface area contributed by atoms with Gasteiger partial charge in [-0.15, -0.1) is 0 Å². The molecule has 1 aromatic carbocycles. The standard InChI is InChI=1S/C13H14N4O2/c14-4-9-1-2-12(3-13(9)17(18)19)16-7-10-5-15-6-11(10)8-16/h1-3,10-11,15H,5-8H2/t10-,11+. The van der Waals surface area contributed by atoms with E-state index in [-0.39, 0.29) is 11.3 Å². The number of anilines is 1. The van der Waals surface area contributed by atoms with E-state index in [9.17, 15) is 10.1 Å². The van der Waals surface area contributed by atoms with Crippen molar-refractivity contribution < 1.29 is 4.92 Å². The Bertz CT molecular complexity index is 554. The third-order valence-electron chi connectivity index (χ3n) is 4.05. The van der Waals surface area contributed by atoms with Crippen molar-refractivity contribution in [2.75, 3.05) is 31.1 Å². The predicted molar refractivity (Wildman–Crippen MR) is 69.9 cm³/mol. The van der Waals surface area contributed by atoms with Gasteiger partial charge in [0, 0.05) is 37.9 Å². The lowest BCUT2D eigenvalue weighted by Crippen LogP contribution is -2.25. The normalized spacial score (nSPS) is 25.1. The van der Waals surface area contributed by atoms with E-state index in [1.54, 1.807) is 12.1 Å². The summed E-state index contributed by atoms with van der Waals surface area (Å²) in [5, 5.41) is 23.2. The van der Waals surface area contributed by atoms with E-state index in [0.717, 1.165) is 31.9 Å². The zero-order valence-electron chi connectivity index (χ0n) is 10.4. The van der Waals surface area contributed by atoms with Gasteiger partial charge in [0.05, 0.1) is 4.92 Å². The molecule has 1 N–H and O–H groups in total. The molecule has 98 valence electrons. The molecule has 0 spiro atoms. The zero-order valence-corrected chi connectivity index (χ0v) is 10.4. The summed E-state index contributed by atoms with van der Waals surface area (Å²) in [5.41, 5.74) is 0.866. The Morgan fingerprint density at radius 2 is 2.05 bits per heavy atom. The van der Waals surface area contributed by atoms with Crippen molar-refractivity contribution >= 4 is 11.4 Å². The predicted octanol–water partition coefficient (Wildman–Crippen LogP) is 1.12. The molecule has 0 aromatic heterocycles. The molecule has 0 aliphatic carbocycles. The fraction of sp³-hybridized carbons (Fsp3) is 0.462. The van der Waals surface area contributed by atoms with Crippen molar-refractivity contribution in [2.45, 2.75) is 0 Å². The van der Waals surface area contributed by atoms with Gasteiger partial charge in [0.1, 0.15) is 11.6 Å². The summed E-state index contributed by atoms with van der Waals surface area (Å²) in [6.07, 6.45) is 0. The Labute approximate surface area is 110 Å². The average Bonchev–Trinajstić information content (AvgIpc) is 2.98. The Hall–Kier alpha value is -2.13. The van der Waals surface area contributed by atoms with E-state index < -0.39 is 4.92 Å². The maximum Gasteiger partial charge on any atom is 0.289 e. The highest BCUT2D eigenvalue weighted by molar-refractivity contribution is 5.60. The molecule has 2 aliphatic rings. The minimum atomic E-state index is -0.486. The van der Waals surface area contributed by atoms with Crippen LogP contribution in [0.2, 0.25) is 0 Å². The number of nitro groups is 1. The Morgan fingerprint density at radius 1 is 1.37 bits per heavy atom. The highest BCUT2D eigenvalue weighted by Crippen LogP contribution is 2.32. The first-order valence-corrected chi connectivity index (χ1v) is 6.33. The van der Waals surface area contributed by atoms with Gasteiger partial charge in [0.2, 0.25) is 0 Å². The molecule has 0 bridgehead atoms. The van der Waals surface area contributed by atoms with Crippen LogP contribution in [0.3, 0.4) is 0 Å². The molecule has 6 heteroatoms. The quantitative estimate of drug-likeness (QED) is 0.635. The van der Waals surface area contributed by atoms with Crippen molar-refractivity contribution in [3.05, 3.63) is 33.9 Å². The van der Waals surface area contributed by atoms with Crippen LogP contribution in [0.25, 0.3) is 0 Å². The summed E-state index contributed by atoms with van der Waals surface area (Å²) >= 11 is 0. The van der Waals surface area contributed by atoms with Crippen LogP contribution < -0.4 is 10.2 Å². The van der Waals surface area contributed by atoms with E-state index in [2.05, 4.69) is 10.2 Å². The Morgan fingerprint density at radius 3 is 2.63 bits per heavy atom. The maximum atomic E-state index is 11.0. The number of rotatable bonds is 2. The first kappa shape index (κ1) is 11.9. The van der Waals surface area contributed by atoms with Gasteiger partial charge in [0.25, 0.3) is 5.69 Å². The number of nitrogens with zero attached hydrogens (tertiary/aromatic N) is 3. The van der Waals surface area contributed by atoms with Crippen LogP contribution in [0.15, 0.2) is 18.2 Å². The first-order valence-electron chi connectivity index (χ1n) is 6.33. The van der Waals surface area contributed by atoms with Crippen molar-refractivity contribution in [3.63, 3.8) is 0 Å². The van der Waals surface area contributed by atoms with Gasteiger partial charge in [-0.25, -0.2) is 0 Å². The molecule has 2 aliphatic heterocycles. The van der Waals surface area contributed by atoms with Gasteiger partial charge in [-0.1, -0.05) is 0 Å². The lowest BCUT2D eigenvalue weighted by Gasteiger charge is -2.19. The van der Waals surface area contributed by atoms with Crippen LogP contribution >= 0.6 is 0 Å². The second kappa shape index (κ2) is 4.52. The van der Waals surface area contributed by atoms with Gasteiger partial charge >= 0.3 is 0 Å². The van der Waals surface area contributed by atoms with Crippen LogP contribution in [0.1, 0.15) is 5.56 Å². The molecule has 0 unspecified atom stereocenters. The highest BCUT2D eigenvalue weighted by atomic mass is 16.6. The van der Waals surface area contributed by atoms with E-state index in [1.807, 2.05) is 6.07 Å². The van der Waals surface area contributed by atoms with Crippen molar-refractivity contribution in [1.82, 2.24) is 5.32 Å². The number of hydrogen-bond acceptors (Lipinski definition) is 5. The molecule has 2 atom stereocenters. The fourth-order valence-electron chi connectivity index (χ4n) is 3.03. The summed E-state index contributed by atoms with van der Waals surface area (Å²) in [6, 6.07) is 6.73. The number of nitriles is 1. The molecule has 2 fully saturated rings. The minimum absolute atomic E-state index is 0.102. The summed E-state index contributed by atoms with van der Waals surface area (Å²) in [7, 11) is 0. The third-order valence-corrected chi connectivity index (χ3v) is 4.05. The maximum absolute atomic E-state index is 11.0. The van der Waals surface area contributed by atoms with Crippen LogP contribution in [-0.2, 0) is 0 Å². The van der Waals surface area contributed by atoms with E-state index in [4.69, 9.17) is 5.26 Å². The number of hydrogen-bond donors (Lipinski definition) is 1. The van der Waals surface area contributed by atoms with Gasteiger partial charge in [0.15, 0.2) is 0 Å². The molecule has 0 amide bonds. The first-order chi connectivity index (χ1) is 9.19. The number of fused-ring (bicyclic) bond motifs is 1. The number of nitrogens with one attached hydrogen (secondary N) is 1. The van der Waals surface area contributed by atoms with Crippen LogP contribution in [0.5, 0.6) is 0 Å². The summed E-state index contributed by atoms with van der Waals surface area (Å²) in [5.74, 6) is 1.27. The van der Waals surface area contributed by atoms with Crippen molar-refractivity contribution in [2.24, 2.45) is 11.8 Å². The highest BCUT2D eigenvalue weighted by Gasteiger charge is 2.36. The van der Waals surface area contributed by atoms with Gasteiger partial charge in [-0.05, 0) is 24.0 Å². The molecular formula is C13H14N4O2. The topological polar surface area (TPSA) is 82.2 Å². The molecule has 0 saturated carbocycles. The smallest absolute Gasteiger partial charge is 0.289 e. The molecule has 0 radical (unpaired) electrons. The van der Waals surface area contributed by atoms with Crippen LogP contribution in [0.4, 0.5) is 11.4 Å². The lowest BCUT2D eigenvalue weighted by atomic mass is 10.0. The van der Waals surface area contributed by atoms with Gasteiger partial charge in [-0.3, -0.25) is 10.1 Å². The third kappa shape index (κ3) is 2.02. The molecule has 6 nitrogen and oxygen atoms in total. The largest absolute Gasteiger partial charge is 0.371 e. The monoisotopic (exact) mass is 258 g/mol. The SMILES string of the molecule is N#Cc1ccc(N2C[C@H]3CNC[C@H]3C2)cc1[N+](=O)[O-]. The molecule has 19 heavy (non-hydrogen) atoms. The minimum Gasteiger partial charge on any atom is -0.371 e. The van der Waals surface area contributed by atoms with Gasteiger partial charge in [-0.2, -0.15) is 5.26 Å². The Kier molecular flexibility index (Phi) is 2.84. The summed E-state index contributed by atoms with van der Waals surface area (Å²) in [6.45, 7) is 3.92. The Balaban J connectivity index is 1.88. The second-order valence-corrected chi connectivity index (χ2v) is 5.15. The zero-order chi connectivity index (χ0) is 13.4. The molecule has 2 saturated heterocycles. The molecule has 2 heterocycles. The summed E-state index contributed by atoms with van der Waals surface area (Å²) < 4.78 is 0. The summed E-state index contributed by atoms with van der Waals surface area (Å²) in [4.78, 5) is 12.7. The van der Waals surface area contributed by atoms with Crippen LogP contribution in [-0.4, -0.2) is 31.1 Å². The average molecular weight is 258 g/mol. The molecular weight excluding hydrogens is 244 g/mol. The van der Waals surface area contributed by atoms with E-state index >= 15 is 0 Å². The van der Waals surface area contributed by atoms with E-state index in [1.165, 1.54) is 6.07 Å². The lowest BCUT2D eigenvalue weighted by molar-refractivity contribution is -0.385. The number of benzene rings is 1. The van der Waals surface area contributed by atoms with Crippen molar-refractivity contribution in [1.29, 1.82) is 5.26 Å². The molecule has 1 aromatic rings. The fourth-order valence-corrected chi connectivity index (χ4v) is 3.03. The molecule has 3 rings (SSSR count). The second-order valence-electron chi connectivity index (χ2n) is 5.15.